The third-order valence-corrected chi connectivity index (χ3v) is 5.31. The highest BCUT2D eigenvalue weighted by molar-refractivity contribution is 5.85. The number of aliphatic hydroxyl groups is 1. The number of aliphatic hydroxyl groups excluding tert-OH is 1. The van der Waals surface area contributed by atoms with Gasteiger partial charge in [-0.3, -0.25) is 9.59 Å². The SMILES string of the molecule is CC1CCCC(CO)(NC(=O)CC2(C(=O)O)CCCC2)C1. The van der Waals surface area contributed by atoms with Crippen LogP contribution in [0.4, 0.5) is 0 Å². The molecule has 5 nitrogen and oxygen atoms in total. The Balaban J connectivity index is 2.01. The lowest BCUT2D eigenvalue weighted by molar-refractivity contribution is -0.152. The fraction of sp³-hybridized carbons (Fsp3) is 0.875. The lowest BCUT2D eigenvalue weighted by Crippen LogP contribution is -2.54. The molecular weight excluding hydrogens is 270 g/mol. The maximum absolute atomic E-state index is 12.4. The van der Waals surface area contributed by atoms with E-state index < -0.39 is 16.9 Å². The second-order valence-electron chi connectivity index (χ2n) is 7.16. The van der Waals surface area contributed by atoms with E-state index in [1.54, 1.807) is 0 Å². The number of carbonyl (C=O) groups excluding carboxylic acids is 1. The van der Waals surface area contributed by atoms with Gasteiger partial charge >= 0.3 is 5.97 Å². The van der Waals surface area contributed by atoms with Gasteiger partial charge in [0.1, 0.15) is 0 Å². The summed E-state index contributed by atoms with van der Waals surface area (Å²) >= 11 is 0. The van der Waals surface area contributed by atoms with Crippen LogP contribution in [0.2, 0.25) is 0 Å². The fourth-order valence-electron chi connectivity index (χ4n) is 4.12. The Morgan fingerprint density at radius 1 is 1.19 bits per heavy atom. The van der Waals surface area contributed by atoms with Gasteiger partial charge in [0.25, 0.3) is 0 Å². The van der Waals surface area contributed by atoms with Crippen LogP contribution < -0.4 is 5.32 Å². The van der Waals surface area contributed by atoms with Crippen molar-refractivity contribution in [3.63, 3.8) is 0 Å². The number of aliphatic carboxylic acids is 1. The molecule has 2 rings (SSSR count). The van der Waals surface area contributed by atoms with E-state index in [0.717, 1.165) is 38.5 Å². The molecule has 1 amide bonds. The lowest BCUT2D eigenvalue weighted by atomic mass is 9.76. The molecule has 21 heavy (non-hydrogen) atoms. The summed E-state index contributed by atoms with van der Waals surface area (Å²) in [7, 11) is 0. The smallest absolute Gasteiger partial charge is 0.310 e. The molecule has 2 atom stereocenters. The summed E-state index contributed by atoms with van der Waals surface area (Å²) < 4.78 is 0. The quantitative estimate of drug-likeness (QED) is 0.725. The third kappa shape index (κ3) is 3.57. The molecule has 2 saturated carbocycles. The van der Waals surface area contributed by atoms with E-state index in [9.17, 15) is 19.8 Å². The molecule has 0 bridgehead atoms. The van der Waals surface area contributed by atoms with Gasteiger partial charge < -0.3 is 15.5 Å². The molecule has 0 spiro atoms. The van der Waals surface area contributed by atoms with Crippen LogP contribution in [0.15, 0.2) is 0 Å². The third-order valence-electron chi connectivity index (χ3n) is 5.31. The van der Waals surface area contributed by atoms with E-state index in [1.807, 2.05) is 0 Å². The van der Waals surface area contributed by atoms with Gasteiger partial charge in [-0.05, 0) is 31.6 Å². The maximum atomic E-state index is 12.4. The number of carboxylic acid groups (broad SMARTS) is 1. The Morgan fingerprint density at radius 3 is 2.38 bits per heavy atom. The molecule has 0 heterocycles. The topological polar surface area (TPSA) is 86.6 Å². The van der Waals surface area contributed by atoms with Gasteiger partial charge in [-0.25, -0.2) is 0 Å². The summed E-state index contributed by atoms with van der Waals surface area (Å²) in [4.78, 5) is 23.9. The minimum absolute atomic E-state index is 0.0401. The van der Waals surface area contributed by atoms with Crippen molar-refractivity contribution in [2.45, 2.75) is 70.3 Å². The maximum Gasteiger partial charge on any atom is 0.310 e. The molecule has 2 aliphatic rings. The van der Waals surface area contributed by atoms with Gasteiger partial charge in [-0.1, -0.05) is 32.6 Å². The zero-order chi connectivity index (χ0) is 15.5. The Hall–Kier alpha value is -1.10. The molecule has 0 aromatic rings. The van der Waals surface area contributed by atoms with E-state index in [1.165, 1.54) is 0 Å². The van der Waals surface area contributed by atoms with Gasteiger partial charge in [0.2, 0.25) is 5.91 Å². The molecule has 5 heteroatoms. The summed E-state index contributed by atoms with van der Waals surface area (Å²) in [5.74, 6) is -0.598. The number of hydrogen-bond donors (Lipinski definition) is 3. The standard InChI is InChI=1S/C16H27NO4/c1-12-5-4-8-16(9-12,11-18)17-13(19)10-15(14(20)21)6-2-3-7-15/h12,18H,2-11H2,1H3,(H,17,19)(H,20,21). The first-order valence-electron chi connectivity index (χ1n) is 8.07. The van der Waals surface area contributed by atoms with Gasteiger partial charge in [-0.15, -0.1) is 0 Å². The molecule has 2 unspecified atom stereocenters. The van der Waals surface area contributed by atoms with Crippen molar-refractivity contribution < 1.29 is 19.8 Å². The Kier molecular flexibility index (Phi) is 4.91. The number of amides is 1. The highest BCUT2D eigenvalue weighted by atomic mass is 16.4. The molecule has 0 aromatic heterocycles. The summed E-state index contributed by atoms with van der Waals surface area (Å²) in [5, 5.41) is 22.1. The second kappa shape index (κ2) is 6.34. The van der Waals surface area contributed by atoms with Gasteiger partial charge in [-0.2, -0.15) is 0 Å². The predicted molar refractivity (Wildman–Crippen MR) is 78.7 cm³/mol. The first-order chi connectivity index (χ1) is 9.91. The first kappa shape index (κ1) is 16.3. The lowest BCUT2D eigenvalue weighted by Gasteiger charge is -2.40. The number of carbonyl (C=O) groups is 2. The zero-order valence-electron chi connectivity index (χ0n) is 12.9. The van der Waals surface area contributed by atoms with E-state index in [2.05, 4.69) is 12.2 Å². The Morgan fingerprint density at radius 2 is 1.86 bits per heavy atom. The van der Waals surface area contributed by atoms with E-state index >= 15 is 0 Å². The van der Waals surface area contributed by atoms with Crippen molar-refractivity contribution >= 4 is 11.9 Å². The largest absolute Gasteiger partial charge is 0.481 e. The van der Waals surface area contributed by atoms with Gasteiger partial charge in [0.05, 0.1) is 17.6 Å². The highest BCUT2D eigenvalue weighted by Gasteiger charge is 2.44. The molecule has 120 valence electrons. The molecule has 0 aliphatic heterocycles. The number of hydrogen-bond acceptors (Lipinski definition) is 3. The van der Waals surface area contributed by atoms with Gasteiger partial charge in [0, 0.05) is 6.42 Å². The van der Waals surface area contributed by atoms with Crippen LogP contribution in [0.1, 0.15) is 64.7 Å². The van der Waals surface area contributed by atoms with Crippen molar-refractivity contribution in [1.29, 1.82) is 0 Å². The minimum atomic E-state index is -0.888. The Labute approximate surface area is 126 Å². The summed E-state index contributed by atoms with van der Waals surface area (Å²) in [6.07, 6.45) is 6.62. The van der Waals surface area contributed by atoms with Crippen molar-refractivity contribution in [2.75, 3.05) is 6.61 Å². The summed E-state index contributed by atoms with van der Waals surface area (Å²) in [6.45, 7) is 2.06. The average molecular weight is 297 g/mol. The summed E-state index contributed by atoms with van der Waals surface area (Å²) in [5.41, 5.74) is -1.44. The van der Waals surface area contributed by atoms with Crippen molar-refractivity contribution in [1.82, 2.24) is 5.32 Å². The van der Waals surface area contributed by atoms with E-state index in [0.29, 0.717) is 18.8 Å². The minimum Gasteiger partial charge on any atom is -0.481 e. The number of nitrogens with one attached hydrogen (secondary N) is 1. The summed E-state index contributed by atoms with van der Waals surface area (Å²) in [6, 6.07) is 0. The van der Waals surface area contributed by atoms with Crippen LogP contribution in [-0.4, -0.2) is 34.2 Å². The van der Waals surface area contributed by atoms with Crippen molar-refractivity contribution in [2.24, 2.45) is 11.3 Å². The van der Waals surface area contributed by atoms with Crippen molar-refractivity contribution in [3.8, 4) is 0 Å². The average Bonchev–Trinajstić information content (AvgIpc) is 2.88. The van der Waals surface area contributed by atoms with E-state index in [4.69, 9.17) is 0 Å². The van der Waals surface area contributed by atoms with Crippen LogP contribution in [-0.2, 0) is 9.59 Å². The molecule has 0 saturated heterocycles. The van der Waals surface area contributed by atoms with Crippen LogP contribution in [0.5, 0.6) is 0 Å². The van der Waals surface area contributed by atoms with Crippen molar-refractivity contribution in [3.05, 3.63) is 0 Å². The molecular formula is C16H27NO4. The normalized spacial score (nSPS) is 31.8. The molecule has 0 aromatic carbocycles. The first-order valence-corrected chi connectivity index (χ1v) is 8.07. The monoisotopic (exact) mass is 297 g/mol. The zero-order valence-corrected chi connectivity index (χ0v) is 12.9. The number of rotatable bonds is 5. The Bertz CT molecular complexity index is 403. The number of carboxylic acids is 1. The van der Waals surface area contributed by atoms with Gasteiger partial charge in [0.15, 0.2) is 0 Å². The second-order valence-corrected chi connectivity index (χ2v) is 7.16. The molecule has 3 N–H and O–H groups in total. The van der Waals surface area contributed by atoms with Crippen LogP contribution in [0.25, 0.3) is 0 Å². The molecule has 2 fully saturated rings. The predicted octanol–water partition coefficient (Wildman–Crippen LogP) is 2.08. The molecule has 2 aliphatic carbocycles. The van der Waals surface area contributed by atoms with Crippen LogP contribution in [0.3, 0.4) is 0 Å². The van der Waals surface area contributed by atoms with Crippen LogP contribution >= 0.6 is 0 Å². The van der Waals surface area contributed by atoms with Crippen LogP contribution in [0, 0.1) is 11.3 Å². The highest BCUT2D eigenvalue weighted by Crippen LogP contribution is 2.42. The van der Waals surface area contributed by atoms with E-state index in [-0.39, 0.29) is 18.9 Å². The fourth-order valence-corrected chi connectivity index (χ4v) is 4.12. The molecule has 0 radical (unpaired) electrons.